The van der Waals surface area contributed by atoms with Crippen LogP contribution >= 0.6 is 0 Å². The molecule has 3 heterocycles. The molecule has 2 aromatic rings. The highest BCUT2D eigenvalue weighted by Crippen LogP contribution is 2.47. The Balaban J connectivity index is 1.28. The van der Waals surface area contributed by atoms with Gasteiger partial charge in [0.05, 0.1) is 12.6 Å². The molecular weight excluding hydrogens is 372 g/mol. The molecule has 3 atom stereocenters. The van der Waals surface area contributed by atoms with Crippen molar-refractivity contribution in [2.24, 2.45) is 11.8 Å². The van der Waals surface area contributed by atoms with Gasteiger partial charge in [0.25, 0.3) is 0 Å². The van der Waals surface area contributed by atoms with Crippen molar-refractivity contribution >= 4 is 5.91 Å². The second-order valence-corrected chi connectivity index (χ2v) is 9.51. The molecule has 0 aromatic heterocycles. The number of piperidine rings is 2. The molecule has 4 nitrogen and oxygen atoms in total. The molecule has 0 N–H and O–H groups in total. The highest BCUT2D eigenvalue weighted by Gasteiger charge is 2.58. The van der Waals surface area contributed by atoms with Gasteiger partial charge in [0, 0.05) is 38.4 Å². The Hall–Kier alpha value is -2.17. The highest BCUT2D eigenvalue weighted by atomic mass is 16.5. The summed E-state index contributed by atoms with van der Waals surface area (Å²) in [5.74, 6) is 1.15. The number of hydrogen-bond acceptors (Lipinski definition) is 3. The van der Waals surface area contributed by atoms with E-state index in [1.807, 2.05) is 0 Å². The van der Waals surface area contributed by atoms with Crippen LogP contribution in [0.2, 0.25) is 0 Å². The predicted octanol–water partition coefficient (Wildman–Crippen LogP) is 4.55. The Labute approximate surface area is 179 Å². The lowest BCUT2D eigenvalue weighted by Gasteiger charge is -2.53. The van der Waals surface area contributed by atoms with Crippen LogP contribution in [0.1, 0.15) is 38.7 Å². The van der Waals surface area contributed by atoms with Crippen molar-refractivity contribution in [1.29, 1.82) is 0 Å². The standard InChI is InChI=1S/C26H32N2O2/c1-19(2)24-18-30-26-14-15-27(17-23(26)12-13-25(29)28(24)26)16-20-8-10-22(11-9-20)21-6-4-3-5-7-21/h3-11,19,23-24H,12-18H2,1-2H3/t23?,24-,26?/m0/s1. The molecule has 3 fully saturated rings. The van der Waals surface area contributed by atoms with Gasteiger partial charge in [-0.3, -0.25) is 9.69 Å². The van der Waals surface area contributed by atoms with Crippen molar-refractivity contribution in [3.05, 3.63) is 60.2 Å². The number of hydrogen-bond donors (Lipinski definition) is 0. The minimum atomic E-state index is -0.349. The molecule has 0 aliphatic carbocycles. The number of nitrogens with zero attached hydrogens (tertiary/aromatic N) is 2. The molecule has 1 spiro atoms. The lowest BCUT2D eigenvalue weighted by Crippen LogP contribution is -2.65. The van der Waals surface area contributed by atoms with Crippen LogP contribution in [0, 0.1) is 11.8 Å². The van der Waals surface area contributed by atoms with Crippen LogP contribution in [0.3, 0.4) is 0 Å². The second kappa shape index (κ2) is 7.82. The van der Waals surface area contributed by atoms with Gasteiger partial charge in [-0.2, -0.15) is 0 Å². The Morgan fingerprint density at radius 3 is 2.53 bits per heavy atom. The summed E-state index contributed by atoms with van der Waals surface area (Å²) in [7, 11) is 0. The maximum atomic E-state index is 12.8. The lowest BCUT2D eigenvalue weighted by atomic mass is 9.79. The number of carbonyl (C=O) groups excluding carboxylic acids is 1. The van der Waals surface area contributed by atoms with Crippen molar-refractivity contribution < 1.29 is 9.53 Å². The number of carbonyl (C=O) groups is 1. The van der Waals surface area contributed by atoms with Gasteiger partial charge in [0.2, 0.25) is 5.91 Å². The van der Waals surface area contributed by atoms with Gasteiger partial charge >= 0.3 is 0 Å². The van der Waals surface area contributed by atoms with Crippen LogP contribution in [0.25, 0.3) is 11.1 Å². The van der Waals surface area contributed by atoms with Crippen LogP contribution in [-0.2, 0) is 16.1 Å². The van der Waals surface area contributed by atoms with Crippen LogP contribution in [-0.4, -0.2) is 47.2 Å². The average Bonchev–Trinajstić information content (AvgIpc) is 3.17. The number of ether oxygens (including phenoxy) is 1. The summed E-state index contributed by atoms with van der Waals surface area (Å²) in [5, 5.41) is 0. The summed E-state index contributed by atoms with van der Waals surface area (Å²) in [5.41, 5.74) is 3.52. The van der Waals surface area contributed by atoms with Crippen LogP contribution in [0.15, 0.2) is 54.6 Å². The Kier molecular flexibility index (Phi) is 5.16. The molecule has 30 heavy (non-hydrogen) atoms. The lowest BCUT2D eigenvalue weighted by molar-refractivity contribution is -0.193. The minimum Gasteiger partial charge on any atom is -0.353 e. The van der Waals surface area contributed by atoms with E-state index in [4.69, 9.17) is 4.74 Å². The van der Waals surface area contributed by atoms with E-state index in [0.717, 1.165) is 32.5 Å². The van der Waals surface area contributed by atoms with E-state index in [9.17, 15) is 4.79 Å². The zero-order chi connectivity index (χ0) is 20.7. The van der Waals surface area contributed by atoms with Gasteiger partial charge in [-0.1, -0.05) is 68.4 Å². The van der Waals surface area contributed by atoms with Gasteiger partial charge in [0.15, 0.2) is 0 Å². The minimum absolute atomic E-state index is 0.234. The summed E-state index contributed by atoms with van der Waals surface area (Å²) in [4.78, 5) is 17.5. The van der Waals surface area contributed by atoms with E-state index in [-0.39, 0.29) is 11.8 Å². The van der Waals surface area contributed by atoms with Crippen molar-refractivity contribution in [3.63, 3.8) is 0 Å². The Morgan fingerprint density at radius 2 is 1.80 bits per heavy atom. The van der Waals surface area contributed by atoms with Crippen LogP contribution in [0.5, 0.6) is 0 Å². The number of rotatable bonds is 4. The van der Waals surface area contributed by atoms with Crippen LogP contribution in [0.4, 0.5) is 0 Å². The first-order chi connectivity index (χ1) is 14.6. The summed E-state index contributed by atoms with van der Waals surface area (Å²) >= 11 is 0. The van der Waals surface area contributed by atoms with E-state index < -0.39 is 0 Å². The fourth-order valence-corrected chi connectivity index (χ4v) is 5.69. The van der Waals surface area contributed by atoms with Crippen LogP contribution < -0.4 is 0 Å². The van der Waals surface area contributed by atoms with E-state index in [0.29, 0.717) is 30.8 Å². The van der Waals surface area contributed by atoms with E-state index in [1.165, 1.54) is 16.7 Å². The van der Waals surface area contributed by atoms with Crippen molar-refractivity contribution in [3.8, 4) is 11.1 Å². The van der Waals surface area contributed by atoms with Crippen molar-refractivity contribution in [2.75, 3.05) is 19.7 Å². The van der Waals surface area contributed by atoms with Crippen molar-refractivity contribution in [2.45, 2.75) is 51.4 Å². The number of benzene rings is 2. The third-order valence-corrected chi connectivity index (χ3v) is 7.36. The maximum absolute atomic E-state index is 12.8. The van der Waals surface area contributed by atoms with Crippen molar-refractivity contribution in [1.82, 2.24) is 9.80 Å². The van der Waals surface area contributed by atoms with Gasteiger partial charge in [0.1, 0.15) is 5.72 Å². The zero-order valence-electron chi connectivity index (χ0n) is 18.1. The predicted molar refractivity (Wildman–Crippen MR) is 119 cm³/mol. The zero-order valence-corrected chi connectivity index (χ0v) is 18.1. The third kappa shape index (κ3) is 3.36. The van der Waals surface area contributed by atoms with Gasteiger partial charge in [-0.25, -0.2) is 0 Å². The molecule has 0 radical (unpaired) electrons. The van der Waals surface area contributed by atoms with Gasteiger partial charge < -0.3 is 9.64 Å². The van der Waals surface area contributed by atoms with E-state index >= 15 is 0 Å². The normalized spacial score (nSPS) is 29.2. The summed E-state index contributed by atoms with van der Waals surface area (Å²) in [6.45, 7) is 8.06. The molecule has 5 rings (SSSR count). The molecule has 2 aromatic carbocycles. The highest BCUT2D eigenvalue weighted by molar-refractivity contribution is 5.78. The molecule has 3 saturated heterocycles. The molecule has 0 saturated carbocycles. The van der Waals surface area contributed by atoms with Gasteiger partial charge in [-0.15, -0.1) is 0 Å². The topological polar surface area (TPSA) is 32.8 Å². The molecule has 4 heteroatoms. The second-order valence-electron chi connectivity index (χ2n) is 9.51. The van der Waals surface area contributed by atoms with E-state index in [1.54, 1.807) is 0 Å². The molecule has 1 amide bonds. The Morgan fingerprint density at radius 1 is 1.07 bits per heavy atom. The first kappa shape index (κ1) is 19.8. The maximum Gasteiger partial charge on any atom is 0.225 e. The SMILES string of the molecule is CC(C)[C@@H]1COC23CCN(Cc4ccc(-c5ccccc5)cc4)CC2CCC(=O)N13. The molecule has 3 aliphatic rings. The summed E-state index contributed by atoms with van der Waals surface area (Å²) in [6.07, 6.45) is 2.54. The fraction of sp³-hybridized carbons (Fsp3) is 0.500. The Bertz CT molecular complexity index is 895. The summed E-state index contributed by atoms with van der Waals surface area (Å²) in [6, 6.07) is 19.7. The van der Waals surface area contributed by atoms with Gasteiger partial charge in [-0.05, 0) is 29.0 Å². The molecule has 3 aliphatic heterocycles. The number of likely N-dealkylation sites (tertiary alicyclic amines) is 1. The smallest absolute Gasteiger partial charge is 0.225 e. The average molecular weight is 405 g/mol. The van der Waals surface area contributed by atoms with E-state index in [2.05, 4.69) is 78.2 Å². The first-order valence-electron chi connectivity index (χ1n) is 11.4. The quantitative estimate of drug-likeness (QED) is 0.750. The third-order valence-electron chi connectivity index (χ3n) is 7.36. The largest absolute Gasteiger partial charge is 0.353 e. The fourth-order valence-electron chi connectivity index (χ4n) is 5.69. The summed E-state index contributed by atoms with van der Waals surface area (Å²) < 4.78 is 6.43. The number of amides is 1. The molecule has 0 bridgehead atoms. The molecular formula is C26H32N2O2. The first-order valence-corrected chi connectivity index (χ1v) is 11.4. The molecule has 2 unspecified atom stereocenters. The molecule has 158 valence electrons. The monoisotopic (exact) mass is 404 g/mol.